The lowest BCUT2D eigenvalue weighted by molar-refractivity contribution is -0.110. The number of nitrogens with zero attached hydrogens (tertiary/aromatic N) is 1. The van der Waals surface area contributed by atoms with Gasteiger partial charge in [-0.05, 0) is 27.2 Å². The molecule has 1 saturated heterocycles. The maximum atomic E-state index is 13.5. The van der Waals surface area contributed by atoms with Crippen LogP contribution in [-0.4, -0.2) is 47.3 Å². The lowest BCUT2D eigenvalue weighted by atomic mass is 9.91. The van der Waals surface area contributed by atoms with Gasteiger partial charge in [0.1, 0.15) is 5.60 Å². The van der Waals surface area contributed by atoms with Crippen molar-refractivity contribution < 1.29 is 23.4 Å². The van der Waals surface area contributed by atoms with E-state index in [4.69, 9.17) is 9.84 Å². The van der Waals surface area contributed by atoms with Gasteiger partial charge in [-0.1, -0.05) is 0 Å². The number of rotatable bonds is 2. The van der Waals surface area contributed by atoms with Gasteiger partial charge in [0.25, 0.3) is 5.92 Å². The highest BCUT2D eigenvalue weighted by Gasteiger charge is 2.45. The molecule has 18 heavy (non-hydrogen) atoms. The summed E-state index contributed by atoms with van der Waals surface area (Å²) in [5.41, 5.74) is -0.635. The van der Waals surface area contributed by atoms with Crippen molar-refractivity contribution in [2.24, 2.45) is 5.92 Å². The molecule has 0 radical (unpaired) electrons. The zero-order valence-corrected chi connectivity index (χ0v) is 11.1. The minimum absolute atomic E-state index is 0.00764. The van der Waals surface area contributed by atoms with E-state index < -0.39 is 23.5 Å². The molecule has 1 amide bonds. The summed E-state index contributed by atoms with van der Waals surface area (Å²) in [7, 11) is 0. The monoisotopic (exact) mass is 265 g/mol. The molecule has 0 aliphatic carbocycles. The predicted molar refractivity (Wildman–Crippen MR) is 62.6 cm³/mol. The molecule has 6 heteroatoms. The summed E-state index contributed by atoms with van der Waals surface area (Å²) in [6.07, 6.45) is -0.954. The normalized spacial score (nSPS) is 23.9. The Hall–Kier alpha value is -0.910. The molecule has 1 aliphatic heterocycles. The van der Waals surface area contributed by atoms with Gasteiger partial charge in [-0.2, -0.15) is 0 Å². The van der Waals surface area contributed by atoms with Gasteiger partial charge >= 0.3 is 6.09 Å². The molecule has 1 rings (SSSR count). The highest BCUT2D eigenvalue weighted by atomic mass is 19.3. The van der Waals surface area contributed by atoms with Crippen LogP contribution in [0, 0.1) is 5.92 Å². The third-order valence-corrected chi connectivity index (χ3v) is 2.88. The third-order valence-electron chi connectivity index (χ3n) is 2.88. The summed E-state index contributed by atoms with van der Waals surface area (Å²) < 4.78 is 32.2. The van der Waals surface area contributed by atoms with E-state index in [1.165, 1.54) is 4.90 Å². The van der Waals surface area contributed by atoms with Gasteiger partial charge in [-0.3, -0.25) is 0 Å². The van der Waals surface area contributed by atoms with E-state index in [2.05, 4.69) is 0 Å². The van der Waals surface area contributed by atoms with Crippen LogP contribution in [0.25, 0.3) is 0 Å². The van der Waals surface area contributed by atoms with Crippen LogP contribution in [0.4, 0.5) is 13.6 Å². The maximum Gasteiger partial charge on any atom is 0.410 e. The second-order valence-electron chi connectivity index (χ2n) is 5.65. The fourth-order valence-corrected chi connectivity index (χ4v) is 1.93. The smallest absolute Gasteiger partial charge is 0.410 e. The molecule has 106 valence electrons. The first-order valence-electron chi connectivity index (χ1n) is 6.12. The zero-order chi connectivity index (χ0) is 14.0. The van der Waals surface area contributed by atoms with E-state index >= 15 is 0 Å². The first-order chi connectivity index (χ1) is 8.15. The molecule has 1 atom stereocenters. The van der Waals surface area contributed by atoms with Gasteiger partial charge in [0, 0.05) is 32.0 Å². The second kappa shape index (κ2) is 5.38. The second-order valence-corrected chi connectivity index (χ2v) is 5.65. The summed E-state index contributed by atoms with van der Waals surface area (Å²) in [4.78, 5) is 13.1. The molecule has 0 aromatic rings. The van der Waals surface area contributed by atoms with Crippen molar-refractivity contribution in [3.8, 4) is 0 Å². The van der Waals surface area contributed by atoms with Crippen LogP contribution in [0.5, 0.6) is 0 Å². The van der Waals surface area contributed by atoms with E-state index in [1.807, 2.05) is 0 Å². The van der Waals surface area contributed by atoms with Crippen LogP contribution in [0.3, 0.4) is 0 Å². The number of carbonyl (C=O) groups excluding carboxylic acids is 1. The maximum absolute atomic E-state index is 13.5. The number of alkyl halides is 2. The van der Waals surface area contributed by atoms with Crippen LogP contribution < -0.4 is 0 Å². The van der Waals surface area contributed by atoms with Crippen molar-refractivity contribution in [3.63, 3.8) is 0 Å². The minimum atomic E-state index is -2.82. The summed E-state index contributed by atoms with van der Waals surface area (Å²) in [6, 6.07) is 0. The van der Waals surface area contributed by atoms with Crippen molar-refractivity contribution in [2.45, 2.75) is 45.1 Å². The van der Waals surface area contributed by atoms with Crippen molar-refractivity contribution >= 4 is 6.09 Å². The Kier molecular flexibility index (Phi) is 4.53. The Morgan fingerprint density at radius 2 is 2.11 bits per heavy atom. The molecule has 1 N–H and O–H groups in total. The summed E-state index contributed by atoms with van der Waals surface area (Å²) in [5, 5.41) is 8.79. The van der Waals surface area contributed by atoms with Crippen molar-refractivity contribution in [2.75, 3.05) is 19.7 Å². The van der Waals surface area contributed by atoms with E-state index in [9.17, 15) is 13.6 Å². The summed E-state index contributed by atoms with van der Waals surface area (Å²) in [5.74, 6) is -3.81. The first kappa shape index (κ1) is 15.1. The van der Waals surface area contributed by atoms with Crippen molar-refractivity contribution in [1.29, 1.82) is 0 Å². The van der Waals surface area contributed by atoms with Gasteiger partial charge in [0.05, 0.1) is 0 Å². The van der Waals surface area contributed by atoms with Crippen molar-refractivity contribution in [3.05, 3.63) is 0 Å². The molecular weight excluding hydrogens is 244 g/mol. The van der Waals surface area contributed by atoms with Gasteiger partial charge in [-0.15, -0.1) is 0 Å². The standard InChI is InChI=1S/C12H21F2NO3/c1-11(2,3)18-10(17)15-6-5-12(13,14)9(8-15)4-7-16/h9,16H,4-8H2,1-3H3. The SMILES string of the molecule is CC(C)(C)OC(=O)N1CCC(F)(F)C(CCO)C1. The van der Waals surface area contributed by atoms with E-state index in [0.717, 1.165) is 0 Å². The molecule has 0 bridgehead atoms. The molecule has 1 fully saturated rings. The average Bonchev–Trinajstić information content (AvgIpc) is 2.18. The van der Waals surface area contributed by atoms with Crippen LogP contribution in [0.2, 0.25) is 0 Å². The Morgan fingerprint density at radius 3 is 2.61 bits per heavy atom. The number of aliphatic hydroxyl groups excluding tert-OH is 1. The summed E-state index contributed by atoms with van der Waals surface area (Å²) >= 11 is 0. The van der Waals surface area contributed by atoms with Crippen LogP contribution in [-0.2, 0) is 4.74 Å². The largest absolute Gasteiger partial charge is 0.444 e. The molecular formula is C12H21F2NO3. The van der Waals surface area contributed by atoms with E-state index in [-0.39, 0.29) is 32.5 Å². The van der Waals surface area contributed by atoms with Crippen LogP contribution >= 0.6 is 0 Å². The molecule has 0 saturated carbocycles. The Bertz CT molecular complexity index is 302. The number of likely N-dealkylation sites (tertiary alicyclic amines) is 1. The van der Waals surface area contributed by atoms with Gasteiger partial charge in [-0.25, -0.2) is 13.6 Å². The Balaban J connectivity index is 2.63. The lowest BCUT2D eigenvalue weighted by Crippen LogP contribution is -2.50. The highest BCUT2D eigenvalue weighted by molar-refractivity contribution is 5.68. The molecule has 1 unspecified atom stereocenters. The average molecular weight is 265 g/mol. The lowest BCUT2D eigenvalue weighted by Gasteiger charge is -2.38. The predicted octanol–water partition coefficient (Wildman–Crippen LogP) is 2.26. The van der Waals surface area contributed by atoms with E-state index in [1.54, 1.807) is 20.8 Å². The molecule has 1 aliphatic rings. The van der Waals surface area contributed by atoms with Crippen LogP contribution in [0.15, 0.2) is 0 Å². The number of carbonyl (C=O) groups is 1. The number of piperidine rings is 1. The van der Waals surface area contributed by atoms with Crippen molar-refractivity contribution in [1.82, 2.24) is 4.90 Å². The molecule has 0 aromatic heterocycles. The third kappa shape index (κ3) is 4.08. The highest BCUT2D eigenvalue weighted by Crippen LogP contribution is 2.35. The molecule has 0 spiro atoms. The number of amides is 1. The number of hydrogen-bond acceptors (Lipinski definition) is 3. The van der Waals surface area contributed by atoms with Gasteiger partial charge < -0.3 is 14.7 Å². The summed E-state index contributed by atoms with van der Waals surface area (Å²) in [6.45, 7) is 4.81. The number of halogens is 2. The number of hydrogen-bond donors (Lipinski definition) is 1. The minimum Gasteiger partial charge on any atom is -0.444 e. The number of aliphatic hydroxyl groups is 1. The zero-order valence-electron chi connectivity index (χ0n) is 11.1. The Labute approximate surface area is 106 Å². The molecule has 0 aromatic carbocycles. The number of ether oxygens (including phenoxy) is 1. The molecule has 1 heterocycles. The van der Waals surface area contributed by atoms with Gasteiger partial charge in [0.2, 0.25) is 0 Å². The Morgan fingerprint density at radius 1 is 1.50 bits per heavy atom. The van der Waals surface area contributed by atoms with Crippen LogP contribution in [0.1, 0.15) is 33.6 Å². The van der Waals surface area contributed by atoms with E-state index in [0.29, 0.717) is 0 Å². The first-order valence-corrected chi connectivity index (χ1v) is 6.12. The van der Waals surface area contributed by atoms with Gasteiger partial charge in [0.15, 0.2) is 0 Å². The topological polar surface area (TPSA) is 49.8 Å². The molecule has 4 nitrogen and oxygen atoms in total. The fraction of sp³-hybridized carbons (Fsp3) is 0.917. The quantitative estimate of drug-likeness (QED) is 0.833. The fourth-order valence-electron chi connectivity index (χ4n) is 1.93.